The normalized spacial score (nSPS) is 27.1. The molecule has 104 valence electrons. The predicted octanol–water partition coefficient (Wildman–Crippen LogP) is 1.87. The first-order valence-electron chi connectivity index (χ1n) is 7.28. The van der Waals surface area contributed by atoms with Crippen LogP contribution in [0.25, 0.3) is 0 Å². The third-order valence-corrected chi connectivity index (χ3v) is 4.48. The van der Waals surface area contributed by atoms with Crippen molar-refractivity contribution in [2.24, 2.45) is 0 Å². The highest BCUT2D eigenvalue weighted by Gasteiger charge is 2.31. The zero-order valence-electron chi connectivity index (χ0n) is 11.8. The van der Waals surface area contributed by atoms with Gasteiger partial charge in [-0.2, -0.15) is 0 Å². The van der Waals surface area contributed by atoms with E-state index in [2.05, 4.69) is 32.4 Å². The van der Waals surface area contributed by atoms with E-state index in [4.69, 9.17) is 0 Å². The smallest absolute Gasteiger partial charge is 0.134 e. The molecule has 0 amide bonds. The van der Waals surface area contributed by atoms with Crippen molar-refractivity contribution in [2.75, 3.05) is 30.8 Å². The predicted molar refractivity (Wildman–Crippen MR) is 77.6 cm³/mol. The third-order valence-electron chi connectivity index (χ3n) is 4.48. The summed E-state index contributed by atoms with van der Waals surface area (Å²) in [6.45, 7) is 4.60. The molecule has 2 atom stereocenters. The summed E-state index contributed by atoms with van der Waals surface area (Å²) < 4.78 is 0. The molecule has 0 bridgehead atoms. The van der Waals surface area contributed by atoms with Gasteiger partial charge in [0.1, 0.15) is 18.0 Å². The molecule has 2 N–H and O–H groups in total. The van der Waals surface area contributed by atoms with Crippen LogP contribution in [0.3, 0.4) is 0 Å². The van der Waals surface area contributed by atoms with Crippen LogP contribution in [-0.2, 0) is 0 Å². The minimum Gasteiger partial charge on any atom is -0.373 e. The number of rotatable bonds is 3. The van der Waals surface area contributed by atoms with Crippen LogP contribution in [-0.4, -0.2) is 47.1 Å². The number of fused-ring (bicyclic) bond motifs is 1. The molecule has 3 rings (SSSR count). The topological polar surface area (TPSA) is 53.1 Å². The average Bonchev–Trinajstić information content (AvgIpc) is 2.88. The molecule has 5 nitrogen and oxygen atoms in total. The van der Waals surface area contributed by atoms with Crippen LogP contribution >= 0.6 is 0 Å². The van der Waals surface area contributed by atoms with Crippen molar-refractivity contribution in [1.29, 1.82) is 0 Å². The maximum Gasteiger partial charge on any atom is 0.134 e. The third kappa shape index (κ3) is 2.52. The van der Waals surface area contributed by atoms with Crippen LogP contribution in [0.1, 0.15) is 31.2 Å². The number of piperidine rings is 1. The zero-order chi connectivity index (χ0) is 13.2. The van der Waals surface area contributed by atoms with Gasteiger partial charge in [-0.1, -0.05) is 0 Å². The van der Waals surface area contributed by atoms with E-state index in [9.17, 15) is 0 Å². The monoisotopic (exact) mass is 261 g/mol. The summed E-state index contributed by atoms with van der Waals surface area (Å²) in [6, 6.07) is 1.34. The molecular formula is C14H23N5. The van der Waals surface area contributed by atoms with Gasteiger partial charge in [0.05, 0.1) is 0 Å². The molecule has 0 aromatic carbocycles. The van der Waals surface area contributed by atoms with Crippen molar-refractivity contribution < 1.29 is 0 Å². The van der Waals surface area contributed by atoms with E-state index in [1.54, 1.807) is 6.33 Å². The Bertz CT molecular complexity index is 447. The van der Waals surface area contributed by atoms with Gasteiger partial charge in [0.25, 0.3) is 0 Å². The van der Waals surface area contributed by atoms with Crippen LogP contribution in [0.15, 0.2) is 6.33 Å². The fourth-order valence-corrected chi connectivity index (χ4v) is 3.40. The molecule has 19 heavy (non-hydrogen) atoms. The Labute approximate surface area is 114 Å². The molecule has 5 heteroatoms. The minimum atomic E-state index is 0.553. The highest BCUT2D eigenvalue weighted by molar-refractivity contribution is 5.56. The average molecular weight is 261 g/mol. The summed E-state index contributed by atoms with van der Waals surface area (Å²) >= 11 is 0. The van der Waals surface area contributed by atoms with Crippen molar-refractivity contribution >= 4 is 11.6 Å². The van der Waals surface area contributed by atoms with E-state index in [-0.39, 0.29) is 0 Å². The van der Waals surface area contributed by atoms with E-state index >= 15 is 0 Å². The summed E-state index contributed by atoms with van der Waals surface area (Å²) in [4.78, 5) is 11.3. The Hall–Kier alpha value is -1.36. The summed E-state index contributed by atoms with van der Waals surface area (Å²) in [5, 5.41) is 6.73. The Morgan fingerprint density at radius 3 is 2.89 bits per heavy atom. The first-order chi connectivity index (χ1) is 9.28. The SMILES string of the molecule is CNc1ncnc(NC2CCN3CCCC3C2)c1C. The number of hydrogen-bond donors (Lipinski definition) is 2. The number of nitrogens with zero attached hydrogens (tertiary/aromatic N) is 3. The van der Waals surface area contributed by atoms with Gasteiger partial charge in [0.2, 0.25) is 0 Å². The van der Waals surface area contributed by atoms with Crippen molar-refractivity contribution in [3.05, 3.63) is 11.9 Å². The number of hydrogen-bond acceptors (Lipinski definition) is 5. The molecule has 2 aliphatic heterocycles. The lowest BCUT2D eigenvalue weighted by molar-refractivity contribution is 0.188. The van der Waals surface area contributed by atoms with Gasteiger partial charge in [-0.3, -0.25) is 0 Å². The lowest BCUT2D eigenvalue weighted by Crippen LogP contribution is -2.43. The molecule has 0 radical (unpaired) electrons. The fraction of sp³-hybridized carbons (Fsp3) is 0.714. The molecule has 0 saturated carbocycles. The van der Waals surface area contributed by atoms with Crippen molar-refractivity contribution in [3.8, 4) is 0 Å². The quantitative estimate of drug-likeness (QED) is 0.870. The molecule has 2 saturated heterocycles. The van der Waals surface area contributed by atoms with E-state index in [0.29, 0.717) is 6.04 Å². The van der Waals surface area contributed by atoms with Crippen LogP contribution < -0.4 is 10.6 Å². The van der Waals surface area contributed by atoms with Crippen LogP contribution in [0.2, 0.25) is 0 Å². The summed E-state index contributed by atoms with van der Waals surface area (Å²) in [5.41, 5.74) is 1.11. The Kier molecular flexibility index (Phi) is 3.55. The first kappa shape index (κ1) is 12.7. The maximum absolute atomic E-state index is 4.39. The lowest BCUT2D eigenvalue weighted by atomic mass is 9.97. The molecule has 0 aliphatic carbocycles. The van der Waals surface area contributed by atoms with E-state index < -0.39 is 0 Å². The van der Waals surface area contributed by atoms with E-state index in [1.165, 1.54) is 38.8 Å². The molecule has 0 spiro atoms. The summed E-state index contributed by atoms with van der Waals surface area (Å²) in [7, 11) is 1.90. The Morgan fingerprint density at radius 2 is 2.05 bits per heavy atom. The Morgan fingerprint density at radius 1 is 1.21 bits per heavy atom. The van der Waals surface area contributed by atoms with E-state index in [1.807, 2.05) is 7.05 Å². The molecule has 2 unspecified atom stereocenters. The van der Waals surface area contributed by atoms with Crippen molar-refractivity contribution in [3.63, 3.8) is 0 Å². The van der Waals surface area contributed by atoms with Crippen molar-refractivity contribution in [2.45, 2.75) is 44.7 Å². The van der Waals surface area contributed by atoms with Crippen LogP contribution in [0.5, 0.6) is 0 Å². The molecule has 3 heterocycles. The summed E-state index contributed by atoms with van der Waals surface area (Å²) in [6.07, 6.45) is 6.83. The number of nitrogens with one attached hydrogen (secondary N) is 2. The molecule has 2 aliphatic rings. The molecule has 1 aromatic rings. The molecule has 2 fully saturated rings. The van der Waals surface area contributed by atoms with Gasteiger partial charge in [-0.25, -0.2) is 9.97 Å². The zero-order valence-corrected chi connectivity index (χ0v) is 11.8. The molecule has 1 aromatic heterocycles. The van der Waals surface area contributed by atoms with Crippen LogP contribution in [0, 0.1) is 6.92 Å². The van der Waals surface area contributed by atoms with Gasteiger partial charge in [-0.05, 0) is 39.2 Å². The second kappa shape index (κ2) is 5.33. The fourth-order valence-electron chi connectivity index (χ4n) is 3.40. The highest BCUT2D eigenvalue weighted by Crippen LogP contribution is 2.29. The number of aromatic nitrogens is 2. The second-order valence-corrected chi connectivity index (χ2v) is 5.64. The summed E-state index contributed by atoms with van der Waals surface area (Å²) in [5.74, 6) is 1.89. The highest BCUT2D eigenvalue weighted by atomic mass is 15.2. The Balaban J connectivity index is 1.68. The van der Waals surface area contributed by atoms with Gasteiger partial charge >= 0.3 is 0 Å². The minimum absolute atomic E-state index is 0.553. The maximum atomic E-state index is 4.39. The lowest BCUT2D eigenvalue weighted by Gasteiger charge is -2.35. The van der Waals surface area contributed by atoms with E-state index in [0.717, 1.165) is 23.2 Å². The van der Waals surface area contributed by atoms with Crippen LogP contribution in [0.4, 0.5) is 11.6 Å². The van der Waals surface area contributed by atoms with Crippen molar-refractivity contribution in [1.82, 2.24) is 14.9 Å². The number of anilines is 2. The van der Waals surface area contributed by atoms with Gasteiger partial charge in [-0.15, -0.1) is 0 Å². The van der Waals surface area contributed by atoms with Gasteiger partial charge in [0.15, 0.2) is 0 Å². The molecular weight excluding hydrogens is 238 g/mol. The van der Waals surface area contributed by atoms with Gasteiger partial charge < -0.3 is 15.5 Å². The standard InChI is InChI=1S/C14H23N5/c1-10-13(15-2)16-9-17-14(10)18-11-5-7-19-6-3-4-12(19)8-11/h9,11-12H,3-8H2,1-2H3,(H2,15,16,17,18). The largest absolute Gasteiger partial charge is 0.373 e. The first-order valence-corrected chi connectivity index (χ1v) is 7.28. The van der Waals surface area contributed by atoms with Gasteiger partial charge in [0, 0.05) is 31.2 Å². The second-order valence-electron chi connectivity index (χ2n) is 5.64.